The molecule has 0 aliphatic heterocycles. The number of ether oxygens (including phenoxy) is 2. The summed E-state index contributed by atoms with van der Waals surface area (Å²) in [6, 6.07) is 8.19. The summed E-state index contributed by atoms with van der Waals surface area (Å²) >= 11 is 0. The molecule has 0 amide bonds. The van der Waals surface area contributed by atoms with E-state index in [1.54, 1.807) is 7.05 Å². The molecule has 1 aliphatic rings. The van der Waals surface area contributed by atoms with Gasteiger partial charge >= 0.3 is 0 Å². The SMILES string of the molecule is CN=C(NCCCCOc1ccc(C)cc1)NCCCOCC1CC1. The lowest BCUT2D eigenvalue weighted by molar-refractivity contribution is 0.123. The van der Waals surface area contributed by atoms with E-state index in [4.69, 9.17) is 9.47 Å². The zero-order valence-corrected chi connectivity index (χ0v) is 15.7. The van der Waals surface area contributed by atoms with E-state index in [0.29, 0.717) is 0 Å². The van der Waals surface area contributed by atoms with Gasteiger partial charge in [0.2, 0.25) is 0 Å². The van der Waals surface area contributed by atoms with Crippen molar-refractivity contribution in [1.29, 1.82) is 0 Å². The summed E-state index contributed by atoms with van der Waals surface area (Å²) in [6.07, 6.45) is 5.79. The van der Waals surface area contributed by atoms with Gasteiger partial charge in [0.1, 0.15) is 5.75 Å². The molecule has 0 bridgehead atoms. The van der Waals surface area contributed by atoms with Crippen LogP contribution in [0.1, 0.15) is 37.7 Å². The Kier molecular flexibility index (Phi) is 9.19. The fraction of sp³-hybridized carbons (Fsp3) is 0.650. The summed E-state index contributed by atoms with van der Waals surface area (Å²) in [5, 5.41) is 6.66. The molecular formula is C20H33N3O2. The van der Waals surface area contributed by atoms with Gasteiger partial charge in [0.15, 0.2) is 5.96 Å². The highest BCUT2D eigenvalue weighted by Crippen LogP contribution is 2.28. The van der Waals surface area contributed by atoms with Crippen LogP contribution in [0.3, 0.4) is 0 Å². The summed E-state index contributed by atoms with van der Waals surface area (Å²) in [4.78, 5) is 4.24. The smallest absolute Gasteiger partial charge is 0.190 e. The van der Waals surface area contributed by atoms with E-state index in [9.17, 15) is 0 Å². The predicted molar refractivity (Wildman–Crippen MR) is 103 cm³/mol. The molecule has 0 heterocycles. The zero-order valence-electron chi connectivity index (χ0n) is 15.7. The fourth-order valence-corrected chi connectivity index (χ4v) is 2.39. The van der Waals surface area contributed by atoms with Gasteiger partial charge in [-0.25, -0.2) is 0 Å². The molecule has 1 aliphatic carbocycles. The maximum absolute atomic E-state index is 5.73. The Bertz CT molecular complexity index is 498. The van der Waals surface area contributed by atoms with Crippen molar-refractivity contribution in [2.24, 2.45) is 10.9 Å². The first-order valence-electron chi connectivity index (χ1n) is 9.49. The Morgan fingerprint density at radius 1 is 1.04 bits per heavy atom. The standard InChI is InChI=1S/C20H33N3O2/c1-17-6-10-19(11-7-17)25-15-4-3-12-22-20(21-2)23-13-5-14-24-16-18-8-9-18/h6-7,10-11,18H,3-5,8-9,12-16H2,1-2H3,(H2,21,22,23). The number of aryl methyl sites for hydroxylation is 1. The molecule has 0 spiro atoms. The van der Waals surface area contributed by atoms with Crippen molar-refractivity contribution in [2.45, 2.75) is 39.0 Å². The van der Waals surface area contributed by atoms with Crippen LogP contribution in [0.25, 0.3) is 0 Å². The van der Waals surface area contributed by atoms with E-state index in [1.807, 2.05) is 12.1 Å². The normalized spacial score (nSPS) is 14.4. The van der Waals surface area contributed by atoms with Crippen molar-refractivity contribution in [3.63, 3.8) is 0 Å². The fourth-order valence-electron chi connectivity index (χ4n) is 2.39. The van der Waals surface area contributed by atoms with Gasteiger partial charge < -0.3 is 20.1 Å². The van der Waals surface area contributed by atoms with Crippen LogP contribution in [-0.4, -0.2) is 45.9 Å². The third kappa shape index (κ3) is 9.34. The summed E-state index contributed by atoms with van der Waals surface area (Å²) in [7, 11) is 1.80. The largest absolute Gasteiger partial charge is 0.494 e. The summed E-state index contributed by atoms with van der Waals surface area (Å²) < 4.78 is 11.4. The molecule has 2 rings (SSSR count). The minimum Gasteiger partial charge on any atom is -0.494 e. The highest BCUT2D eigenvalue weighted by molar-refractivity contribution is 5.79. The first-order chi connectivity index (χ1) is 12.3. The lowest BCUT2D eigenvalue weighted by atomic mass is 10.2. The maximum Gasteiger partial charge on any atom is 0.190 e. The number of hydrogen-bond donors (Lipinski definition) is 2. The van der Waals surface area contributed by atoms with E-state index in [0.717, 1.165) is 69.8 Å². The number of rotatable bonds is 12. The summed E-state index contributed by atoms with van der Waals surface area (Å²) in [6.45, 7) is 6.39. The topological polar surface area (TPSA) is 54.9 Å². The first-order valence-corrected chi connectivity index (χ1v) is 9.49. The lowest BCUT2D eigenvalue weighted by Gasteiger charge is -2.12. The number of nitrogens with one attached hydrogen (secondary N) is 2. The highest BCUT2D eigenvalue weighted by atomic mass is 16.5. The molecule has 0 radical (unpaired) electrons. The van der Waals surface area contributed by atoms with Crippen LogP contribution in [0.15, 0.2) is 29.3 Å². The molecule has 1 fully saturated rings. The zero-order chi connectivity index (χ0) is 17.7. The van der Waals surface area contributed by atoms with Crippen LogP contribution in [0, 0.1) is 12.8 Å². The van der Waals surface area contributed by atoms with Crippen LogP contribution in [0.4, 0.5) is 0 Å². The molecule has 1 aromatic rings. The molecule has 0 aromatic heterocycles. The lowest BCUT2D eigenvalue weighted by Crippen LogP contribution is -2.38. The van der Waals surface area contributed by atoms with Crippen molar-refractivity contribution in [2.75, 3.05) is 40.0 Å². The van der Waals surface area contributed by atoms with Gasteiger partial charge in [-0.15, -0.1) is 0 Å². The van der Waals surface area contributed by atoms with Crippen molar-refractivity contribution < 1.29 is 9.47 Å². The molecule has 25 heavy (non-hydrogen) atoms. The Morgan fingerprint density at radius 2 is 1.76 bits per heavy atom. The van der Waals surface area contributed by atoms with Gasteiger partial charge in [0.25, 0.3) is 0 Å². The van der Waals surface area contributed by atoms with Gasteiger partial charge in [-0.2, -0.15) is 0 Å². The third-order valence-corrected chi connectivity index (χ3v) is 4.19. The molecule has 0 saturated heterocycles. The van der Waals surface area contributed by atoms with E-state index < -0.39 is 0 Å². The number of benzene rings is 1. The van der Waals surface area contributed by atoms with E-state index in [2.05, 4.69) is 34.7 Å². The molecule has 2 N–H and O–H groups in total. The summed E-state index contributed by atoms with van der Waals surface area (Å²) in [5.41, 5.74) is 1.25. The quantitative estimate of drug-likeness (QED) is 0.346. The van der Waals surface area contributed by atoms with Crippen molar-refractivity contribution in [3.8, 4) is 5.75 Å². The number of guanidine groups is 1. The van der Waals surface area contributed by atoms with Gasteiger partial charge in [0, 0.05) is 33.4 Å². The molecular weight excluding hydrogens is 314 g/mol. The second-order valence-corrected chi connectivity index (χ2v) is 6.67. The van der Waals surface area contributed by atoms with E-state index >= 15 is 0 Å². The van der Waals surface area contributed by atoms with Gasteiger partial charge in [-0.05, 0) is 57.1 Å². The molecule has 1 aromatic carbocycles. The highest BCUT2D eigenvalue weighted by Gasteiger charge is 2.20. The molecule has 0 unspecified atom stereocenters. The second-order valence-electron chi connectivity index (χ2n) is 6.67. The molecule has 1 saturated carbocycles. The van der Waals surface area contributed by atoms with Crippen molar-refractivity contribution in [1.82, 2.24) is 10.6 Å². The van der Waals surface area contributed by atoms with Crippen LogP contribution in [-0.2, 0) is 4.74 Å². The maximum atomic E-state index is 5.73. The summed E-state index contributed by atoms with van der Waals surface area (Å²) in [5.74, 6) is 2.65. The number of unbranched alkanes of at least 4 members (excludes halogenated alkanes) is 1. The van der Waals surface area contributed by atoms with E-state index in [1.165, 1.54) is 18.4 Å². The average molecular weight is 348 g/mol. The second kappa shape index (κ2) is 11.7. The Balaban J connectivity index is 1.41. The van der Waals surface area contributed by atoms with Crippen LogP contribution >= 0.6 is 0 Å². The Labute approximate surface area is 152 Å². The minimum atomic E-state index is 0.745. The molecule has 5 nitrogen and oxygen atoms in total. The van der Waals surface area contributed by atoms with Gasteiger partial charge in [-0.1, -0.05) is 17.7 Å². The molecule has 0 atom stereocenters. The minimum absolute atomic E-state index is 0.745. The van der Waals surface area contributed by atoms with Crippen molar-refractivity contribution in [3.05, 3.63) is 29.8 Å². The van der Waals surface area contributed by atoms with Crippen LogP contribution in [0.2, 0.25) is 0 Å². The molecule has 140 valence electrons. The predicted octanol–water partition coefficient (Wildman–Crippen LogP) is 3.14. The van der Waals surface area contributed by atoms with Crippen LogP contribution < -0.4 is 15.4 Å². The monoisotopic (exact) mass is 347 g/mol. The first kappa shape index (κ1) is 19.6. The Hall–Kier alpha value is -1.75. The number of nitrogens with zero attached hydrogens (tertiary/aromatic N) is 1. The molecule has 5 heteroatoms. The number of hydrogen-bond acceptors (Lipinski definition) is 3. The number of aliphatic imine (C=N–C) groups is 1. The van der Waals surface area contributed by atoms with Crippen molar-refractivity contribution >= 4 is 5.96 Å². The van der Waals surface area contributed by atoms with Gasteiger partial charge in [-0.3, -0.25) is 4.99 Å². The van der Waals surface area contributed by atoms with E-state index in [-0.39, 0.29) is 0 Å². The van der Waals surface area contributed by atoms with Crippen LogP contribution in [0.5, 0.6) is 5.75 Å². The van der Waals surface area contributed by atoms with Gasteiger partial charge in [0.05, 0.1) is 6.61 Å². The Morgan fingerprint density at radius 3 is 2.44 bits per heavy atom. The average Bonchev–Trinajstić information content (AvgIpc) is 3.45. The third-order valence-electron chi connectivity index (χ3n) is 4.19.